The van der Waals surface area contributed by atoms with Crippen LogP contribution in [0.3, 0.4) is 0 Å². The van der Waals surface area contributed by atoms with Crippen LogP contribution in [0.2, 0.25) is 0 Å². The summed E-state index contributed by atoms with van der Waals surface area (Å²) in [5, 5.41) is 8.90. The first-order chi connectivity index (χ1) is 20.2. The highest BCUT2D eigenvalue weighted by Crippen LogP contribution is 2.15. The van der Waals surface area contributed by atoms with Crippen LogP contribution in [0.15, 0.2) is 0 Å². The van der Waals surface area contributed by atoms with E-state index in [0.29, 0.717) is 6.42 Å². The third-order valence-corrected chi connectivity index (χ3v) is 9.02. The minimum absolute atomic E-state index is 0.331. The molecule has 0 radical (unpaired) electrons. The van der Waals surface area contributed by atoms with E-state index in [1.807, 2.05) is 0 Å². The molecular formula is C38H77NO2. The Balaban J connectivity index is 3.76. The Labute approximate surface area is 259 Å². The molecule has 0 spiro atoms. The van der Waals surface area contributed by atoms with E-state index in [9.17, 15) is 4.79 Å². The highest BCUT2D eigenvalue weighted by molar-refractivity contribution is 5.66. The third-order valence-electron chi connectivity index (χ3n) is 9.02. The molecule has 3 heteroatoms. The van der Waals surface area contributed by atoms with Gasteiger partial charge in [0.15, 0.2) is 0 Å². The molecule has 0 aliphatic carbocycles. The van der Waals surface area contributed by atoms with Gasteiger partial charge in [0.2, 0.25) is 0 Å². The lowest BCUT2D eigenvalue weighted by molar-refractivity contribution is -0.137. The van der Waals surface area contributed by atoms with Gasteiger partial charge in [0.05, 0.1) is 0 Å². The number of hydrogen-bond acceptors (Lipinski definition) is 2. The second-order valence-electron chi connectivity index (χ2n) is 13.2. The van der Waals surface area contributed by atoms with Gasteiger partial charge in [-0.15, -0.1) is 0 Å². The summed E-state index contributed by atoms with van der Waals surface area (Å²) in [6.45, 7) is 8.25. The summed E-state index contributed by atoms with van der Waals surface area (Å²) in [7, 11) is 0. The monoisotopic (exact) mass is 580 g/mol. The first kappa shape index (κ1) is 40.4. The molecule has 0 saturated heterocycles. The Morgan fingerprint density at radius 3 is 0.829 bits per heavy atom. The van der Waals surface area contributed by atoms with Gasteiger partial charge in [-0.1, -0.05) is 187 Å². The standard InChI is InChI=1S/C38H77NO2/c1-3-5-7-9-11-13-15-17-19-21-23-25-27-31-35-39(37-33-29-30-34-38(40)41)36-32-28-26-24-22-20-18-16-14-12-10-8-6-4-2/h3-37H2,1-2H3,(H,40,41). The van der Waals surface area contributed by atoms with Crippen LogP contribution >= 0.6 is 0 Å². The molecule has 1 N–H and O–H groups in total. The molecule has 0 aromatic heterocycles. The molecule has 0 aromatic carbocycles. The van der Waals surface area contributed by atoms with Gasteiger partial charge in [-0.2, -0.15) is 0 Å². The molecule has 0 amide bonds. The maximum Gasteiger partial charge on any atom is 0.303 e. The van der Waals surface area contributed by atoms with Gasteiger partial charge in [0.25, 0.3) is 0 Å². The van der Waals surface area contributed by atoms with E-state index < -0.39 is 5.97 Å². The van der Waals surface area contributed by atoms with E-state index in [2.05, 4.69) is 18.7 Å². The predicted octanol–water partition coefficient (Wildman–Crippen LogP) is 12.9. The first-order valence-electron chi connectivity index (χ1n) is 19.1. The predicted molar refractivity (Wildman–Crippen MR) is 183 cm³/mol. The number of aliphatic carboxylic acids is 1. The van der Waals surface area contributed by atoms with Crippen molar-refractivity contribution >= 4 is 5.97 Å². The lowest BCUT2D eigenvalue weighted by Gasteiger charge is -2.22. The summed E-state index contributed by atoms with van der Waals surface area (Å²) < 4.78 is 0. The first-order valence-corrected chi connectivity index (χ1v) is 19.1. The van der Waals surface area contributed by atoms with E-state index in [1.54, 1.807) is 0 Å². The molecule has 0 aliphatic heterocycles. The molecule has 0 fully saturated rings. The average molecular weight is 580 g/mol. The van der Waals surface area contributed by atoms with Crippen molar-refractivity contribution in [3.63, 3.8) is 0 Å². The van der Waals surface area contributed by atoms with Gasteiger partial charge in [0, 0.05) is 6.42 Å². The van der Waals surface area contributed by atoms with E-state index in [4.69, 9.17) is 5.11 Å². The lowest BCUT2D eigenvalue weighted by Crippen LogP contribution is -2.27. The SMILES string of the molecule is CCCCCCCCCCCCCCCCN(CCCCCCCCCCCCCCCC)CCCCCC(=O)O. The Morgan fingerprint density at radius 2 is 0.585 bits per heavy atom. The maximum absolute atomic E-state index is 10.8. The summed E-state index contributed by atoms with van der Waals surface area (Å²) in [6, 6.07) is 0. The van der Waals surface area contributed by atoms with Crippen molar-refractivity contribution in [1.82, 2.24) is 4.90 Å². The molecule has 0 bridgehead atoms. The number of unbranched alkanes of at least 4 members (excludes halogenated alkanes) is 28. The number of carbonyl (C=O) groups is 1. The Kier molecular flexibility index (Phi) is 35.1. The molecule has 0 heterocycles. The zero-order valence-corrected chi connectivity index (χ0v) is 28.6. The molecule has 0 aromatic rings. The minimum atomic E-state index is -0.647. The highest BCUT2D eigenvalue weighted by atomic mass is 16.4. The van der Waals surface area contributed by atoms with Gasteiger partial charge in [-0.3, -0.25) is 4.79 Å². The largest absolute Gasteiger partial charge is 0.481 e. The van der Waals surface area contributed by atoms with Crippen molar-refractivity contribution in [1.29, 1.82) is 0 Å². The van der Waals surface area contributed by atoms with Crippen molar-refractivity contribution in [2.75, 3.05) is 19.6 Å². The van der Waals surface area contributed by atoms with Crippen LogP contribution in [0.4, 0.5) is 0 Å². The van der Waals surface area contributed by atoms with Gasteiger partial charge < -0.3 is 10.0 Å². The fourth-order valence-corrected chi connectivity index (χ4v) is 6.18. The molecule has 0 rings (SSSR count). The third kappa shape index (κ3) is 35.5. The van der Waals surface area contributed by atoms with Crippen LogP contribution in [0, 0.1) is 0 Å². The van der Waals surface area contributed by atoms with Crippen molar-refractivity contribution in [3.05, 3.63) is 0 Å². The molecule has 246 valence electrons. The fraction of sp³-hybridized carbons (Fsp3) is 0.974. The second-order valence-corrected chi connectivity index (χ2v) is 13.2. The smallest absolute Gasteiger partial charge is 0.303 e. The summed E-state index contributed by atoms with van der Waals surface area (Å²) in [4.78, 5) is 13.5. The van der Waals surface area contributed by atoms with Crippen LogP contribution < -0.4 is 0 Å². The van der Waals surface area contributed by atoms with Crippen molar-refractivity contribution in [2.24, 2.45) is 0 Å². The van der Waals surface area contributed by atoms with E-state index in [1.165, 1.54) is 193 Å². The Bertz CT molecular complexity index is 463. The summed E-state index contributed by atoms with van der Waals surface area (Å²) >= 11 is 0. The van der Waals surface area contributed by atoms with Crippen LogP contribution in [0.5, 0.6) is 0 Å². The van der Waals surface area contributed by atoms with E-state index >= 15 is 0 Å². The van der Waals surface area contributed by atoms with Gasteiger partial charge in [0.1, 0.15) is 0 Å². The lowest BCUT2D eigenvalue weighted by atomic mass is 10.0. The summed E-state index contributed by atoms with van der Waals surface area (Å²) in [5.74, 6) is -0.647. The zero-order valence-electron chi connectivity index (χ0n) is 28.6. The Hall–Kier alpha value is -0.570. The highest BCUT2D eigenvalue weighted by Gasteiger charge is 2.06. The molecule has 0 saturated carbocycles. The van der Waals surface area contributed by atoms with Crippen molar-refractivity contribution in [3.8, 4) is 0 Å². The summed E-state index contributed by atoms with van der Waals surface area (Å²) in [6.07, 6.45) is 43.2. The zero-order chi connectivity index (χ0) is 29.9. The number of carboxylic acid groups (broad SMARTS) is 1. The van der Waals surface area contributed by atoms with Crippen molar-refractivity contribution < 1.29 is 9.90 Å². The normalized spacial score (nSPS) is 11.6. The van der Waals surface area contributed by atoms with Crippen LogP contribution in [-0.2, 0) is 4.79 Å². The van der Waals surface area contributed by atoms with Gasteiger partial charge >= 0.3 is 5.97 Å². The van der Waals surface area contributed by atoms with E-state index in [-0.39, 0.29) is 0 Å². The number of nitrogens with zero attached hydrogens (tertiary/aromatic N) is 1. The molecule has 41 heavy (non-hydrogen) atoms. The quantitative estimate of drug-likeness (QED) is 0.0750. The number of hydrogen-bond donors (Lipinski definition) is 1. The molecular weight excluding hydrogens is 502 g/mol. The molecule has 0 atom stereocenters. The number of rotatable bonds is 36. The minimum Gasteiger partial charge on any atom is -0.481 e. The number of carboxylic acids is 1. The average Bonchev–Trinajstić information content (AvgIpc) is 2.96. The molecule has 0 unspecified atom stereocenters. The van der Waals surface area contributed by atoms with Crippen LogP contribution in [0.1, 0.15) is 219 Å². The topological polar surface area (TPSA) is 40.5 Å². The van der Waals surface area contributed by atoms with E-state index in [0.717, 1.165) is 25.8 Å². The second kappa shape index (κ2) is 35.6. The van der Waals surface area contributed by atoms with Gasteiger partial charge in [-0.25, -0.2) is 0 Å². The van der Waals surface area contributed by atoms with Crippen LogP contribution in [0.25, 0.3) is 0 Å². The maximum atomic E-state index is 10.8. The molecule has 0 aliphatic rings. The Morgan fingerprint density at radius 1 is 0.366 bits per heavy atom. The van der Waals surface area contributed by atoms with Crippen LogP contribution in [-0.4, -0.2) is 35.6 Å². The van der Waals surface area contributed by atoms with Gasteiger partial charge in [-0.05, 0) is 45.3 Å². The molecule has 3 nitrogen and oxygen atoms in total. The fourth-order valence-electron chi connectivity index (χ4n) is 6.18. The van der Waals surface area contributed by atoms with Crippen molar-refractivity contribution in [2.45, 2.75) is 219 Å². The summed E-state index contributed by atoms with van der Waals surface area (Å²) in [5.41, 5.74) is 0.